The third kappa shape index (κ3) is 17.5. The predicted molar refractivity (Wildman–Crippen MR) is 338 cm³/mol. The zero-order chi connectivity index (χ0) is 62.3. The molecule has 21 nitrogen and oxygen atoms in total. The van der Waals surface area contributed by atoms with Crippen molar-refractivity contribution in [3.05, 3.63) is 182 Å². The third-order valence-corrected chi connectivity index (χ3v) is 14.6. The van der Waals surface area contributed by atoms with Crippen molar-refractivity contribution in [1.29, 1.82) is 0 Å². The van der Waals surface area contributed by atoms with E-state index in [1.165, 1.54) is 19.0 Å². The Balaban J connectivity index is 0.000000179. The Kier molecular flexibility index (Phi) is 21.1. The molecule has 11 rings (SSSR count). The normalized spacial score (nSPS) is 20.1. The maximum atomic E-state index is 12.4. The molecule has 452 valence electrons. The minimum absolute atomic E-state index is 0. The van der Waals surface area contributed by atoms with Gasteiger partial charge >= 0.3 is 12.2 Å². The second-order valence-electron chi connectivity index (χ2n) is 23.6. The van der Waals surface area contributed by atoms with Crippen LogP contribution in [0.25, 0.3) is 0 Å². The number of benzene rings is 4. The fourth-order valence-electron chi connectivity index (χ4n) is 9.79. The molecule has 2 amide bonds. The van der Waals surface area contributed by atoms with Gasteiger partial charge in [-0.25, -0.2) is 39.5 Å². The second-order valence-corrected chi connectivity index (χ2v) is 25.5. The van der Waals surface area contributed by atoms with E-state index in [4.69, 9.17) is 26.7 Å². The largest absolute Gasteiger partial charge is 0.444 e. The van der Waals surface area contributed by atoms with E-state index in [9.17, 15) is 28.8 Å². The highest BCUT2D eigenvalue weighted by atomic mass is 79.9. The zero-order valence-electron chi connectivity index (χ0n) is 49.3. The van der Waals surface area contributed by atoms with Crippen molar-refractivity contribution in [3.8, 4) is 0 Å². The standard InChI is InChI=1S/C19H22N4O3.C15H18BrNO3.C14H14N4O.C10H10BrNO.C4H5N3.ClH/c1-18(2,3)26-17(25)23-19(4)10-15(24)13-6-5-12(9-14(13)19)22-16-7-8-20-11-21-16;1-14(2,3)20-13(19)17-15(4)8-12(18)10-6-5-9(16)7-11(10)15;1-14(15)7-12(19)10-3-2-9(6-11(10)14)18-13-4-5-16-8-17-13;1-10(12)5-9(13)7-3-2-6(11)4-8(7)10;5-4-1-2-6-3-7-4;/h5-9,11H,10H2,1-4H3,(H,23,25)(H,20,21,22);5-7H,8H2,1-4H3,(H,17,19);2-6,8H,7,15H2,1H3,(H,16,17,18);2-4H,5,12H2,1H3;1-3H,(H2,5,6,7);1H. The smallest absolute Gasteiger partial charge is 0.408 e. The zero-order valence-corrected chi connectivity index (χ0v) is 53.3. The Morgan fingerprint density at radius 3 is 1.19 bits per heavy atom. The third-order valence-electron chi connectivity index (χ3n) is 13.6. The average Bonchev–Trinajstić information content (AvgIpc) is 1.77. The van der Waals surface area contributed by atoms with Crippen LogP contribution in [0, 0.1) is 0 Å². The van der Waals surface area contributed by atoms with E-state index in [1.54, 1.807) is 90.5 Å². The van der Waals surface area contributed by atoms with Gasteiger partial charge in [-0.15, -0.1) is 12.4 Å². The average molecular weight is 1320 g/mol. The van der Waals surface area contributed by atoms with Crippen molar-refractivity contribution in [2.24, 2.45) is 11.5 Å². The molecule has 86 heavy (non-hydrogen) atoms. The number of nitrogens with two attached hydrogens (primary N) is 3. The molecule has 0 aliphatic heterocycles. The molecule has 4 aliphatic rings. The van der Waals surface area contributed by atoms with Crippen LogP contribution in [0.2, 0.25) is 0 Å². The number of halogens is 3. The van der Waals surface area contributed by atoms with Crippen LogP contribution in [0.5, 0.6) is 0 Å². The summed E-state index contributed by atoms with van der Waals surface area (Å²) >= 11 is 6.77. The number of alkyl carbamates (subject to hydrolysis) is 2. The number of fused-ring (bicyclic) bond motifs is 4. The Hall–Kier alpha value is -8.09. The minimum atomic E-state index is -0.821. The van der Waals surface area contributed by atoms with Gasteiger partial charge in [0.05, 0.1) is 11.1 Å². The first-order valence-corrected chi connectivity index (χ1v) is 28.5. The molecule has 0 saturated carbocycles. The molecule has 4 aliphatic carbocycles. The first-order chi connectivity index (χ1) is 39.7. The van der Waals surface area contributed by atoms with Crippen LogP contribution in [0.15, 0.2) is 138 Å². The van der Waals surface area contributed by atoms with E-state index < -0.39 is 45.5 Å². The van der Waals surface area contributed by atoms with Gasteiger partial charge in [0, 0.05) is 97.9 Å². The molecule has 3 heterocycles. The molecule has 0 saturated heterocycles. The van der Waals surface area contributed by atoms with E-state index in [2.05, 4.69) is 83.0 Å². The molecule has 24 heteroatoms. The lowest BCUT2D eigenvalue weighted by atomic mass is 9.94. The summed E-state index contributed by atoms with van der Waals surface area (Å²) in [6.45, 7) is 18.2. The SMILES string of the molecule is CC(C)(C)OC(=O)NC1(C)CC(=O)c2ccc(Br)cc21.CC(C)(C)OC(=O)NC1(C)CC(=O)c2ccc(Nc3ccncn3)cc21.CC1(N)CC(=O)c2ccc(Br)cc21.CC1(N)CC(=O)c2ccc(Nc3ccncn3)cc21.Cl.Nc1ccncn1. The molecule has 0 fully saturated rings. The van der Waals surface area contributed by atoms with Crippen molar-refractivity contribution in [2.45, 2.75) is 128 Å². The number of anilines is 5. The van der Waals surface area contributed by atoms with Gasteiger partial charge in [-0.1, -0.05) is 31.9 Å². The van der Waals surface area contributed by atoms with Gasteiger partial charge < -0.3 is 47.9 Å². The summed E-state index contributed by atoms with van der Waals surface area (Å²) in [6.07, 6.45) is 9.40. The maximum Gasteiger partial charge on any atom is 0.408 e. The molecule has 7 aromatic rings. The van der Waals surface area contributed by atoms with Gasteiger partial charge in [0.15, 0.2) is 23.1 Å². The number of Topliss-reactive ketones (excluding diaryl/α,β-unsaturated/α-hetero) is 4. The number of aromatic nitrogens is 6. The Morgan fingerprint density at radius 2 is 0.826 bits per heavy atom. The summed E-state index contributed by atoms with van der Waals surface area (Å²) in [5.41, 5.74) is 21.4. The first kappa shape index (κ1) is 67.0. The van der Waals surface area contributed by atoms with Gasteiger partial charge in [-0.2, -0.15) is 0 Å². The molecule has 0 spiro atoms. The van der Waals surface area contributed by atoms with E-state index in [-0.39, 0.29) is 48.4 Å². The van der Waals surface area contributed by atoms with Crippen LogP contribution in [0.1, 0.15) is 159 Å². The molecule has 4 atom stereocenters. The predicted octanol–water partition coefficient (Wildman–Crippen LogP) is 12.0. The van der Waals surface area contributed by atoms with Crippen LogP contribution in [-0.2, 0) is 31.6 Å². The van der Waals surface area contributed by atoms with E-state index >= 15 is 0 Å². The highest BCUT2D eigenvalue weighted by Crippen LogP contribution is 2.41. The maximum absolute atomic E-state index is 12.4. The van der Waals surface area contributed by atoms with Crippen LogP contribution in [0.3, 0.4) is 0 Å². The number of ketones is 4. The number of carbonyl (C=O) groups excluding carboxylic acids is 6. The number of carbonyl (C=O) groups is 6. The van der Waals surface area contributed by atoms with Gasteiger partial charge in [0.1, 0.15) is 47.6 Å². The quantitative estimate of drug-likeness (QED) is 0.0813. The summed E-state index contributed by atoms with van der Waals surface area (Å²) in [5.74, 6) is 2.14. The molecule has 10 N–H and O–H groups in total. The number of hydrogen-bond donors (Lipinski definition) is 7. The summed E-state index contributed by atoms with van der Waals surface area (Å²) in [5, 5.41) is 12.0. The van der Waals surface area contributed by atoms with Crippen molar-refractivity contribution in [3.63, 3.8) is 0 Å². The van der Waals surface area contributed by atoms with Crippen LogP contribution in [0.4, 0.5) is 38.4 Å². The van der Waals surface area contributed by atoms with Gasteiger partial charge in [0.2, 0.25) is 0 Å². The highest BCUT2D eigenvalue weighted by molar-refractivity contribution is 9.10. The lowest BCUT2D eigenvalue weighted by molar-refractivity contribution is 0.0447. The van der Waals surface area contributed by atoms with Crippen molar-refractivity contribution in [2.75, 3.05) is 16.4 Å². The highest BCUT2D eigenvalue weighted by Gasteiger charge is 2.44. The van der Waals surface area contributed by atoms with E-state index in [1.807, 2.05) is 88.4 Å². The van der Waals surface area contributed by atoms with Gasteiger partial charge in [-0.3, -0.25) is 19.2 Å². The number of nitrogen functional groups attached to an aromatic ring is 1. The van der Waals surface area contributed by atoms with Crippen molar-refractivity contribution < 1.29 is 38.2 Å². The molecular formula is C62H70Br2ClN13O8. The monoisotopic (exact) mass is 1320 g/mol. The lowest BCUT2D eigenvalue weighted by Crippen LogP contribution is -2.44. The Labute approximate surface area is 522 Å². The second kappa shape index (κ2) is 27.1. The summed E-state index contributed by atoms with van der Waals surface area (Å²) in [4.78, 5) is 95.2. The molecule has 4 unspecified atom stereocenters. The number of ether oxygens (including phenoxy) is 2. The van der Waals surface area contributed by atoms with Crippen molar-refractivity contribution in [1.82, 2.24) is 40.5 Å². The van der Waals surface area contributed by atoms with Gasteiger partial charge in [0.25, 0.3) is 0 Å². The summed E-state index contributed by atoms with van der Waals surface area (Å²) in [7, 11) is 0. The van der Waals surface area contributed by atoms with Crippen LogP contribution >= 0.6 is 44.3 Å². The summed E-state index contributed by atoms with van der Waals surface area (Å²) < 4.78 is 12.5. The van der Waals surface area contributed by atoms with Crippen molar-refractivity contribution >= 4 is 108 Å². The molecule has 0 bridgehead atoms. The topological polar surface area (TPSA) is 324 Å². The number of nitrogens with one attached hydrogen (secondary N) is 4. The Morgan fingerprint density at radius 1 is 0.488 bits per heavy atom. The number of nitrogens with zero attached hydrogens (tertiary/aromatic N) is 6. The molecule has 4 aromatic carbocycles. The molecule has 3 aromatic heterocycles. The molecule has 0 radical (unpaired) electrons. The molecular weight excluding hydrogens is 1250 g/mol. The first-order valence-electron chi connectivity index (χ1n) is 26.9. The van der Waals surface area contributed by atoms with Crippen LogP contribution < -0.4 is 38.5 Å². The fourth-order valence-corrected chi connectivity index (χ4v) is 10.5. The fraction of sp³-hybridized carbons (Fsp3) is 0.323. The van der Waals surface area contributed by atoms with E-state index in [0.717, 1.165) is 53.7 Å². The van der Waals surface area contributed by atoms with Gasteiger partial charge in [-0.05, 0) is 182 Å². The lowest BCUT2D eigenvalue weighted by Gasteiger charge is -2.29. The number of amides is 2. The summed E-state index contributed by atoms with van der Waals surface area (Å²) in [6, 6.07) is 27.3. The van der Waals surface area contributed by atoms with E-state index in [0.29, 0.717) is 41.4 Å². The van der Waals surface area contributed by atoms with Crippen LogP contribution in [-0.4, -0.2) is 76.4 Å². The number of hydrogen-bond acceptors (Lipinski definition) is 19. The minimum Gasteiger partial charge on any atom is -0.444 e. The number of rotatable bonds is 6. The Bertz CT molecular complexity index is 3640.